The Hall–Kier alpha value is -3.61. The lowest BCUT2D eigenvalue weighted by atomic mass is 9.99. The summed E-state index contributed by atoms with van der Waals surface area (Å²) in [7, 11) is 0. The Morgan fingerprint density at radius 2 is 2.00 bits per heavy atom. The van der Waals surface area contributed by atoms with E-state index in [9.17, 15) is 19.8 Å². The van der Waals surface area contributed by atoms with Gasteiger partial charge in [-0.1, -0.05) is 24.3 Å². The minimum Gasteiger partial charge on any atom is -0.508 e. The van der Waals surface area contributed by atoms with Crippen LogP contribution in [0.25, 0.3) is 10.9 Å². The van der Waals surface area contributed by atoms with Gasteiger partial charge in [0, 0.05) is 11.9 Å². The van der Waals surface area contributed by atoms with Crippen molar-refractivity contribution in [2.45, 2.75) is 19.4 Å². The van der Waals surface area contributed by atoms with Crippen LogP contribution in [-0.4, -0.2) is 26.9 Å². The lowest BCUT2D eigenvalue weighted by Crippen LogP contribution is -2.33. The summed E-state index contributed by atoms with van der Waals surface area (Å²) in [5.41, 5.74) is 3.67. The maximum atomic E-state index is 12.8. The second-order valence-corrected chi connectivity index (χ2v) is 6.39. The smallest absolute Gasteiger partial charge is 0.280 e. The Labute approximate surface area is 154 Å². The monoisotopic (exact) mass is 363 g/mol. The molecule has 2 heterocycles. The quantitative estimate of drug-likeness (QED) is 0.490. The fraction of sp³-hybridized carbons (Fsp3) is 0.150. The number of aromatic nitrogens is 1. The topological polar surface area (TPSA) is 104 Å². The SMILES string of the molecule is O=C(N/N=C/c1cccc(O)c1)c1c(O)c2cccc3c2n(c1=O)CCC3. The zero-order valence-corrected chi connectivity index (χ0v) is 14.3. The van der Waals surface area contributed by atoms with Crippen molar-refractivity contribution in [1.82, 2.24) is 9.99 Å². The molecule has 2 aromatic carbocycles. The predicted molar refractivity (Wildman–Crippen MR) is 101 cm³/mol. The molecule has 1 amide bonds. The van der Waals surface area contributed by atoms with Crippen molar-refractivity contribution in [3.05, 3.63) is 69.5 Å². The summed E-state index contributed by atoms with van der Waals surface area (Å²) < 4.78 is 1.54. The molecule has 0 saturated carbocycles. The minimum atomic E-state index is -0.782. The molecule has 3 aromatic rings. The number of phenolic OH excluding ortho intramolecular Hbond substituents is 1. The highest BCUT2D eigenvalue weighted by molar-refractivity contribution is 6.03. The molecular formula is C20H17N3O4. The van der Waals surface area contributed by atoms with Crippen LogP contribution in [0.3, 0.4) is 0 Å². The summed E-state index contributed by atoms with van der Waals surface area (Å²) in [6, 6.07) is 11.8. The van der Waals surface area contributed by atoms with Crippen molar-refractivity contribution in [2.75, 3.05) is 0 Å². The van der Waals surface area contributed by atoms with Gasteiger partial charge in [-0.2, -0.15) is 5.10 Å². The molecule has 0 bridgehead atoms. The number of amides is 1. The second-order valence-electron chi connectivity index (χ2n) is 6.39. The molecule has 0 unspecified atom stereocenters. The molecule has 0 aliphatic carbocycles. The highest BCUT2D eigenvalue weighted by Crippen LogP contribution is 2.31. The number of carbonyl (C=O) groups is 1. The first kappa shape index (κ1) is 16.8. The van der Waals surface area contributed by atoms with E-state index >= 15 is 0 Å². The van der Waals surface area contributed by atoms with Crippen molar-refractivity contribution in [3.63, 3.8) is 0 Å². The Balaban J connectivity index is 1.71. The summed E-state index contributed by atoms with van der Waals surface area (Å²) in [5.74, 6) is -1.04. The Kier molecular flexibility index (Phi) is 4.12. The average molecular weight is 363 g/mol. The number of hydrogen-bond acceptors (Lipinski definition) is 5. The molecule has 0 atom stereocenters. The van der Waals surface area contributed by atoms with Crippen LogP contribution in [0.5, 0.6) is 11.5 Å². The molecule has 1 aliphatic heterocycles. The van der Waals surface area contributed by atoms with Crippen molar-refractivity contribution in [3.8, 4) is 11.5 Å². The van der Waals surface area contributed by atoms with Gasteiger partial charge in [-0.15, -0.1) is 0 Å². The van der Waals surface area contributed by atoms with Crippen LogP contribution in [0.4, 0.5) is 0 Å². The molecule has 3 N–H and O–H groups in total. The van der Waals surface area contributed by atoms with Crippen LogP contribution in [0.2, 0.25) is 0 Å². The number of nitrogens with one attached hydrogen (secondary N) is 1. The number of aryl methyl sites for hydroxylation is 2. The van der Waals surface area contributed by atoms with Gasteiger partial charge >= 0.3 is 0 Å². The first-order valence-corrected chi connectivity index (χ1v) is 8.56. The maximum Gasteiger partial charge on any atom is 0.280 e. The summed E-state index contributed by atoms with van der Waals surface area (Å²) in [4.78, 5) is 25.3. The molecule has 0 saturated heterocycles. The van der Waals surface area contributed by atoms with Crippen molar-refractivity contribution >= 4 is 23.0 Å². The number of benzene rings is 2. The van der Waals surface area contributed by atoms with Gasteiger partial charge in [0.2, 0.25) is 0 Å². The third-order valence-electron chi connectivity index (χ3n) is 4.65. The summed E-state index contributed by atoms with van der Waals surface area (Å²) in [6.45, 7) is 0.499. The fourth-order valence-corrected chi connectivity index (χ4v) is 3.45. The first-order chi connectivity index (χ1) is 13.1. The third-order valence-corrected chi connectivity index (χ3v) is 4.65. The van der Waals surface area contributed by atoms with Crippen LogP contribution < -0.4 is 11.0 Å². The van der Waals surface area contributed by atoms with E-state index in [0.29, 0.717) is 23.0 Å². The Morgan fingerprint density at radius 3 is 2.81 bits per heavy atom. The molecule has 7 heteroatoms. The number of aromatic hydroxyl groups is 2. The number of hydrazone groups is 1. The molecule has 0 spiro atoms. The van der Waals surface area contributed by atoms with E-state index in [1.807, 2.05) is 6.07 Å². The van der Waals surface area contributed by atoms with E-state index in [2.05, 4.69) is 10.5 Å². The summed E-state index contributed by atoms with van der Waals surface area (Å²) in [5, 5.41) is 24.3. The molecule has 7 nitrogen and oxygen atoms in total. The van der Waals surface area contributed by atoms with Gasteiger partial charge < -0.3 is 14.8 Å². The van der Waals surface area contributed by atoms with Crippen LogP contribution in [0.1, 0.15) is 27.9 Å². The van der Waals surface area contributed by atoms with Crippen LogP contribution in [0.15, 0.2) is 52.4 Å². The molecular weight excluding hydrogens is 346 g/mol. The molecule has 0 fully saturated rings. The molecule has 27 heavy (non-hydrogen) atoms. The molecule has 0 radical (unpaired) electrons. The van der Waals surface area contributed by atoms with E-state index in [1.165, 1.54) is 18.3 Å². The van der Waals surface area contributed by atoms with Crippen molar-refractivity contribution in [2.24, 2.45) is 5.10 Å². The summed E-state index contributed by atoms with van der Waals surface area (Å²) in [6.07, 6.45) is 2.97. The first-order valence-electron chi connectivity index (χ1n) is 8.56. The van der Waals surface area contributed by atoms with Crippen molar-refractivity contribution in [1.29, 1.82) is 0 Å². The minimum absolute atomic E-state index is 0.0746. The third kappa shape index (κ3) is 2.93. The van der Waals surface area contributed by atoms with Crippen LogP contribution in [0, 0.1) is 0 Å². The fourth-order valence-electron chi connectivity index (χ4n) is 3.45. The number of hydrogen-bond donors (Lipinski definition) is 3. The van der Waals surface area contributed by atoms with Crippen LogP contribution in [-0.2, 0) is 13.0 Å². The lowest BCUT2D eigenvalue weighted by molar-refractivity contribution is 0.0950. The van der Waals surface area contributed by atoms with E-state index in [0.717, 1.165) is 18.4 Å². The normalized spacial score (nSPS) is 13.2. The van der Waals surface area contributed by atoms with Crippen molar-refractivity contribution < 1.29 is 15.0 Å². The molecule has 1 aromatic heterocycles. The number of para-hydroxylation sites is 1. The number of nitrogens with zero attached hydrogens (tertiary/aromatic N) is 2. The van der Waals surface area contributed by atoms with E-state index < -0.39 is 11.5 Å². The van der Waals surface area contributed by atoms with Gasteiger partial charge in [0.05, 0.1) is 11.7 Å². The number of phenols is 1. The highest BCUT2D eigenvalue weighted by atomic mass is 16.3. The highest BCUT2D eigenvalue weighted by Gasteiger charge is 2.24. The zero-order chi connectivity index (χ0) is 19.0. The molecule has 1 aliphatic rings. The van der Waals surface area contributed by atoms with Gasteiger partial charge in [-0.3, -0.25) is 9.59 Å². The Bertz CT molecular complexity index is 1150. The molecule has 4 rings (SSSR count). The average Bonchev–Trinajstić information content (AvgIpc) is 2.66. The second kappa shape index (κ2) is 6.60. The van der Waals surface area contributed by atoms with E-state index in [-0.39, 0.29) is 17.1 Å². The van der Waals surface area contributed by atoms with Gasteiger partial charge in [0.15, 0.2) is 0 Å². The Morgan fingerprint density at radius 1 is 1.19 bits per heavy atom. The number of carbonyl (C=O) groups excluding carboxylic acids is 1. The van der Waals surface area contributed by atoms with Gasteiger partial charge in [-0.25, -0.2) is 5.43 Å². The number of pyridine rings is 1. The van der Waals surface area contributed by atoms with E-state index in [1.54, 1.807) is 28.8 Å². The number of rotatable bonds is 3. The maximum absolute atomic E-state index is 12.8. The van der Waals surface area contributed by atoms with Gasteiger partial charge in [-0.05, 0) is 42.2 Å². The summed E-state index contributed by atoms with van der Waals surface area (Å²) >= 11 is 0. The zero-order valence-electron chi connectivity index (χ0n) is 14.3. The molecule has 136 valence electrons. The van der Waals surface area contributed by atoms with E-state index in [4.69, 9.17) is 0 Å². The predicted octanol–water partition coefficient (Wildman–Crippen LogP) is 2.12. The largest absolute Gasteiger partial charge is 0.508 e. The standard InChI is InChI=1S/C20H17N3O4/c24-14-7-1-4-12(10-14)11-21-22-19(26)16-18(25)15-8-2-5-13-6-3-9-23(17(13)15)20(16)27/h1-2,4-5,7-8,10-11,24-25H,3,6,9H2,(H,22,26)/b21-11+. The van der Waals surface area contributed by atoms with Gasteiger partial charge in [0.1, 0.15) is 17.1 Å². The lowest BCUT2D eigenvalue weighted by Gasteiger charge is -2.21. The van der Waals surface area contributed by atoms with Crippen LogP contribution >= 0.6 is 0 Å². The van der Waals surface area contributed by atoms with Gasteiger partial charge in [0.25, 0.3) is 11.5 Å².